The quantitative estimate of drug-likeness (QED) is 0.765. The number of aliphatic hydroxyl groups excluding tert-OH is 1. The van der Waals surface area contributed by atoms with Crippen molar-refractivity contribution in [2.24, 2.45) is 11.7 Å². The van der Waals surface area contributed by atoms with Gasteiger partial charge in [0.15, 0.2) is 0 Å². The first-order valence-electron chi connectivity index (χ1n) is 5.50. The molecule has 0 aromatic heterocycles. The summed E-state index contributed by atoms with van der Waals surface area (Å²) in [5, 5.41) is 20.0. The highest BCUT2D eigenvalue weighted by Gasteiger charge is 2.25. The maximum atomic E-state index is 10.1. The van der Waals surface area contributed by atoms with Crippen LogP contribution < -0.4 is 5.73 Å². The van der Waals surface area contributed by atoms with Gasteiger partial charge in [0.2, 0.25) is 0 Å². The highest BCUT2D eigenvalue weighted by Crippen LogP contribution is 2.36. The molecule has 0 fully saturated rings. The molecule has 1 aromatic carbocycles. The van der Waals surface area contributed by atoms with Crippen LogP contribution in [0.5, 0.6) is 5.75 Å². The van der Waals surface area contributed by atoms with Crippen LogP contribution in [0.2, 0.25) is 0 Å². The van der Waals surface area contributed by atoms with Gasteiger partial charge in [-0.15, -0.1) is 0 Å². The minimum atomic E-state index is -0.674. The molecule has 1 aromatic rings. The van der Waals surface area contributed by atoms with E-state index in [2.05, 4.69) is 31.9 Å². The fourth-order valence-electron chi connectivity index (χ4n) is 1.62. The van der Waals surface area contributed by atoms with Gasteiger partial charge in [0.25, 0.3) is 0 Å². The summed E-state index contributed by atoms with van der Waals surface area (Å²) in [5.74, 6) is 0.171. The summed E-state index contributed by atoms with van der Waals surface area (Å²) in [5.41, 5.74) is 6.54. The van der Waals surface area contributed by atoms with Crippen LogP contribution in [0.3, 0.4) is 0 Å². The lowest BCUT2D eigenvalue weighted by molar-refractivity contribution is 0.0870. The normalized spacial score (nSPS) is 16.6. The van der Waals surface area contributed by atoms with Crippen LogP contribution >= 0.6 is 31.9 Å². The molecule has 0 amide bonds. The number of hydrogen-bond donors (Lipinski definition) is 3. The van der Waals surface area contributed by atoms with Crippen molar-refractivity contribution in [3.05, 3.63) is 26.6 Å². The van der Waals surface area contributed by atoms with E-state index in [-0.39, 0.29) is 11.7 Å². The molecule has 17 heavy (non-hydrogen) atoms. The van der Waals surface area contributed by atoms with E-state index in [9.17, 15) is 10.2 Å². The second-order valence-electron chi connectivity index (χ2n) is 4.23. The van der Waals surface area contributed by atoms with E-state index in [0.717, 1.165) is 10.9 Å². The maximum absolute atomic E-state index is 10.1. The van der Waals surface area contributed by atoms with Gasteiger partial charge in [-0.25, -0.2) is 0 Å². The van der Waals surface area contributed by atoms with Gasteiger partial charge in [0.1, 0.15) is 5.75 Å². The number of phenols is 1. The first kappa shape index (κ1) is 15.0. The Morgan fingerprint density at radius 3 is 2.47 bits per heavy atom. The van der Waals surface area contributed by atoms with Crippen LogP contribution in [-0.2, 0) is 0 Å². The summed E-state index contributed by atoms with van der Waals surface area (Å²) in [6.45, 7) is 3.94. The summed E-state index contributed by atoms with van der Waals surface area (Å²) in [7, 11) is 0. The molecule has 0 saturated heterocycles. The lowest BCUT2D eigenvalue weighted by Gasteiger charge is -2.25. The van der Waals surface area contributed by atoms with Gasteiger partial charge in [0.05, 0.1) is 16.6 Å². The van der Waals surface area contributed by atoms with Gasteiger partial charge in [-0.2, -0.15) is 0 Å². The van der Waals surface area contributed by atoms with E-state index >= 15 is 0 Å². The molecule has 0 heterocycles. The Morgan fingerprint density at radius 2 is 1.94 bits per heavy atom. The second-order valence-corrected chi connectivity index (χ2v) is 6.00. The Kier molecular flexibility index (Phi) is 5.44. The van der Waals surface area contributed by atoms with E-state index in [4.69, 9.17) is 5.73 Å². The van der Waals surface area contributed by atoms with E-state index in [1.54, 1.807) is 12.1 Å². The number of nitrogens with two attached hydrogens (primary N) is 1. The Labute approximate surface area is 118 Å². The predicted octanol–water partition coefficient (Wildman–Crippen LogP) is 3.32. The lowest BCUT2D eigenvalue weighted by Crippen LogP contribution is -2.31. The maximum Gasteiger partial charge on any atom is 0.134 e. The minimum absolute atomic E-state index is 0.0853. The summed E-state index contributed by atoms with van der Waals surface area (Å²) >= 11 is 6.59. The lowest BCUT2D eigenvalue weighted by atomic mass is 9.91. The van der Waals surface area contributed by atoms with Gasteiger partial charge in [-0.3, -0.25) is 0 Å². The molecule has 0 aliphatic carbocycles. The smallest absolute Gasteiger partial charge is 0.134 e. The zero-order valence-corrected chi connectivity index (χ0v) is 13.0. The molecule has 0 radical (unpaired) electrons. The molecule has 3 atom stereocenters. The monoisotopic (exact) mass is 365 g/mol. The van der Waals surface area contributed by atoms with Crippen molar-refractivity contribution in [1.29, 1.82) is 0 Å². The van der Waals surface area contributed by atoms with E-state index in [1.165, 1.54) is 0 Å². The third-order valence-electron chi connectivity index (χ3n) is 3.01. The summed E-state index contributed by atoms with van der Waals surface area (Å²) in [6, 6.07) is 2.87. The van der Waals surface area contributed by atoms with Gasteiger partial charge >= 0.3 is 0 Å². The molecule has 4 N–H and O–H groups in total. The van der Waals surface area contributed by atoms with Crippen molar-refractivity contribution in [2.45, 2.75) is 32.4 Å². The molecular formula is C12H17Br2NO2. The molecule has 3 nitrogen and oxygen atoms in total. The molecule has 1 rings (SSSR count). The predicted molar refractivity (Wildman–Crippen MR) is 75.9 cm³/mol. The molecule has 0 aliphatic heterocycles. The van der Waals surface area contributed by atoms with Gasteiger partial charge in [-0.1, -0.05) is 36.2 Å². The first-order valence-corrected chi connectivity index (χ1v) is 7.08. The average molecular weight is 367 g/mol. The Hall–Kier alpha value is -0.100. The highest BCUT2D eigenvalue weighted by molar-refractivity contribution is 9.11. The zero-order chi connectivity index (χ0) is 13.2. The minimum Gasteiger partial charge on any atom is -0.506 e. The average Bonchev–Trinajstić information content (AvgIpc) is 2.30. The first-order chi connectivity index (χ1) is 7.88. The molecular weight excluding hydrogens is 350 g/mol. The Bertz CT molecular complexity index is 398. The van der Waals surface area contributed by atoms with Crippen molar-refractivity contribution in [2.75, 3.05) is 0 Å². The van der Waals surface area contributed by atoms with Crippen molar-refractivity contribution in [3.63, 3.8) is 0 Å². The van der Waals surface area contributed by atoms with Crippen molar-refractivity contribution in [1.82, 2.24) is 0 Å². The van der Waals surface area contributed by atoms with Crippen LogP contribution in [0.25, 0.3) is 0 Å². The largest absolute Gasteiger partial charge is 0.506 e. The number of aromatic hydroxyl groups is 1. The van der Waals surface area contributed by atoms with Crippen LogP contribution in [0, 0.1) is 5.92 Å². The SMILES string of the molecule is CCC(C)[C@H](O)[C@H](N)c1cc(Br)cc(Br)c1O. The van der Waals surface area contributed by atoms with Crippen molar-refractivity contribution in [3.8, 4) is 5.75 Å². The highest BCUT2D eigenvalue weighted by atomic mass is 79.9. The number of hydrogen-bond acceptors (Lipinski definition) is 3. The summed E-state index contributed by atoms with van der Waals surface area (Å²) < 4.78 is 1.37. The van der Waals surface area contributed by atoms with Crippen molar-refractivity contribution >= 4 is 31.9 Å². The number of halogens is 2. The standard InChI is InChI=1S/C12H17Br2NO2/c1-3-6(2)11(16)10(15)8-4-7(13)5-9(14)12(8)17/h4-6,10-11,16-17H,3,15H2,1-2H3/t6?,10-,11+/m1/s1. The van der Waals surface area contributed by atoms with E-state index < -0.39 is 12.1 Å². The van der Waals surface area contributed by atoms with Gasteiger partial charge < -0.3 is 15.9 Å². The molecule has 0 aliphatic rings. The second kappa shape index (κ2) is 6.18. The topological polar surface area (TPSA) is 66.5 Å². The summed E-state index contributed by atoms with van der Waals surface area (Å²) in [4.78, 5) is 0. The Balaban J connectivity index is 3.07. The molecule has 5 heteroatoms. The number of rotatable bonds is 4. The Morgan fingerprint density at radius 1 is 1.35 bits per heavy atom. The van der Waals surface area contributed by atoms with E-state index in [1.807, 2.05) is 13.8 Å². The van der Waals surface area contributed by atoms with Crippen LogP contribution in [0.4, 0.5) is 0 Å². The number of benzene rings is 1. The molecule has 0 bridgehead atoms. The van der Waals surface area contributed by atoms with Crippen LogP contribution in [-0.4, -0.2) is 16.3 Å². The molecule has 1 unspecified atom stereocenters. The molecule has 0 spiro atoms. The van der Waals surface area contributed by atoms with Crippen LogP contribution in [0.15, 0.2) is 21.1 Å². The summed E-state index contributed by atoms with van der Waals surface area (Å²) in [6.07, 6.45) is 0.164. The molecule has 0 saturated carbocycles. The zero-order valence-electron chi connectivity index (χ0n) is 9.82. The fourth-order valence-corrected chi connectivity index (χ4v) is 2.88. The fraction of sp³-hybridized carbons (Fsp3) is 0.500. The number of phenolic OH excluding ortho intramolecular Hbond substituents is 1. The third kappa shape index (κ3) is 3.44. The third-order valence-corrected chi connectivity index (χ3v) is 4.07. The van der Waals surface area contributed by atoms with Crippen molar-refractivity contribution < 1.29 is 10.2 Å². The van der Waals surface area contributed by atoms with Crippen LogP contribution in [0.1, 0.15) is 31.9 Å². The van der Waals surface area contributed by atoms with Gasteiger partial charge in [-0.05, 0) is 34.0 Å². The van der Waals surface area contributed by atoms with Gasteiger partial charge in [0, 0.05) is 10.0 Å². The van der Waals surface area contributed by atoms with E-state index in [0.29, 0.717) is 10.0 Å². The molecule has 96 valence electrons. The number of aliphatic hydroxyl groups is 1.